The third kappa shape index (κ3) is 7.95. The number of piperidine rings is 1. The van der Waals surface area contributed by atoms with E-state index in [1.165, 1.54) is 5.56 Å². The van der Waals surface area contributed by atoms with E-state index >= 15 is 0 Å². The molecule has 0 saturated carbocycles. The summed E-state index contributed by atoms with van der Waals surface area (Å²) in [4.78, 5) is 20.4. The van der Waals surface area contributed by atoms with Gasteiger partial charge in [-0.2, -0.15) is 0 Å². The van der Waals surface area contributed by atoms with Crippen LogP contribution in [0.25, 0.3) is 0 Å². The van der Waals surface area contributed by atoms with E-state index in [1.54, 1.807) is 19.0 Å². The van der Waals surface area contributed by atoms with Crippen LogP contribution >= 0.6 is 24.0 Å². The number of likely N-dealkylation sites (tertiary alicyclic amines) is 1. The van der Waals surface area contributed by atoms with Crippen LogP contribution in [0.4, 0.5) is 0 Å². The van der Waals surface area contributed by atoms with E-state index in [-0.39, 0.29) is 36.4 Å². The van der Waals surface area contributed by atoms with Crippen molar-refractivity contribution in [3.63, 3.8) is 0 Å². The Morgan fingerprint density at radius 3 is 2.46 bits per heavy atom. The molecular weight excluding hydrogens is 465 g/mol. The van der Waals surface area contributed by atoms with Gasteiger partial charge in [0.05, 0.1) is 0 Å². The minimum atomic E-state index is 0. The summed E-state index contributed by atoms with van der Waals surface area (Å²) in [6.07, 6.45) is 3.17. The van der Waals surface area contributed by atoms with Crippen molar-refractivity contribution >= 4 is 35.8 Å². The molecule has 1 aromatic carbocycles. The molecule has 0 radical (unpaired) electrons. The third-order valence-corrected chi connectivity index (χ3v) is 5.11. The molecule has 0 bridgehead atoms. The van der Waals surface area contributed by atoms with Crippen LogP contribution in [0.15, 0.2) is 35.3 Å². The number of halogens is 1. The van der Waals surface area contributed by atoms with Gasteiger partial charge >= 0.3 is 0 Å². The van der Waals surface area contributed by atoms with Gasteiger partial charge in [0.15, 0.2) is 5.96 Å². The van der Waals surface area contributed by atoms with Crippen molar-refractivity contribution in [2.75, 3.05) is 40.3 Å². The van der Waals surface area contributed by atoms with Crippen molar-refractivity contribution in [3.8, 4) is 0 Å². The molecule has 1 aromatic rings. The van der Waals surface area contributed by atoms with Crippen LogP contribution < -0.4 is 10.6 Å². The van der Waals surface area contributed by atoms with E-state index < -0.39 is 0 Å². The van der Waals surface area contributed by atoms with Crippen LogP contribution in [0.2, 0.25) is 0 Å². The minimum absolute atomic E-state index is 0. The van der Waals surface area contributed by atoms with Crippen LogP contribution in [0.5, 0.6) is 0 Å². The van der Waals surface area contributed by atoms with Crippen LogP contribution in [-0.2, 0) is 4.79 Å². The zero-order valence-electron chi connectivity index (χ0n) is 17.6. The fourth-order valence-corrected chi connectivity index (χ4v) is 3.25. The summed E-state index contributed by atoms with van der Waals surface area (Å²) in [5.41, 5.74) is 1.37. The summed E-state index contributed by atoms with van der Waals surface area (Å²) >= 11 is 0. The van der Waals surface area contributed by atoms with Crippen molar-refractivity contribution in [2.45, 2.75) is 45.2 Å². The summed E-state index contributed by atoms with van der Waals surface area (Å²) in [6, 6.07) is 11.5. The molecule has 2 N–H and O–H groups in total. The van der Waals surface area contributed by atoms with E-state index in [2.05, 4.69) is 64.7 Å². The minimum Gasteiger partial charge on any atom is -0.356 e. The molecule has 28 heavy (non-hydrogen) atoms. The molecule has 0 aromatic heterocycles. The van der Waals surface area contributed by atoms with E-state index in [1.807, 2.05) is 0 Å². The van der Waals surface area contributed by atoms with E-state index in [9.17, 15) is 4.79 Å². The first-order valence-corrected chi connectivity index (χ1v) is 10.0. The van der Waals surface area contributed by atoms with Gasteiger partial charge in [0.2, 0.25) is 5.91 Å². The molecule has 0 aliphatic carbocycles. The van der Waals surface area contributed by atoms with Crippen molar-refractivity contribution in [2.24, 2.45) is 4.99 Å². The fourth-order valence-electron chi connectivity index (χ4n) is 3.25. The van der Waals surface area contributed by atoms with Gasteiger partial charge in [-0.1, -0.05) is 37.3 Å². The molecule has 2 rings (SSSR count). The van der Waals surface area contributed by atoms with Crippen LogP contribution in [0.3, 0.4) is 0 Å². The monoisotopic (exact) mass is 501 g/mol. The number of guanidine groups is 1. The summed E-state index contributed by atoms with van der Waals surface area (Å²) in [5, 5.41) is 6.85. The highest BCUT2D eigenvalue weighted by Crippen LogP contribution is 2.23. The molecule has 1 heterocycles. The number of hydrogen-bond donors (Lipinski definition) is 2. The maximum absolute atomic E-state index is 11.8. The Hall–Kier alpha value is -1.35. The fraction of sp³-hybridized carbons (Fsp3) is 0.619. The van der Waals surface area contributed by atoms with Crippen molar-refractivity contribution in [1.29, 1.82) is 0 Å². The maximum atomic E-state index is 11.8. The number of likely N-dealkylation sites (N-methyl/N-ethyl adjacent to an activating group) is 1. The Morgan fingerprint density at radius 1 is 1.25 bits per heavy atom. The predicted molar refractivity (Wildman–Crippen MR) is 127 cm³/mol. The van der Waals surface area contributed by atoms with Crippen LogP contribution in [0.1, 0.15) is 44.7 Å². The van der Waals surface area contributed by atoms with Gasteiger partial charge in [0, 0.05) is 45.8 Å². The quantitative estimate of drug-likeness (QED) is 0.343. The van der Waals surface area contributed by atoms with Crippen LogP contribution in [-0.4, -0.2) is 68.0 Å². The molecular formula is C21H36IN5O. The smallest absolute Gasteiger partial charge is 0.243 e. The van der Waals surface area contributed by atoms with Crippen LogP contribution in [0, 0.1) is 0 Å². The lowest BCUT2D eigenvalue weighted by Gasteiger charge is -2.37. The molecule has 1 amide bonds. The second-order valence-electron chi connectivity index (χ2n) is 7.42. The van der Waals surface area contributed by atoms with Crippen molar-refractivity contribution < 1.29 is 4.79 Å². The second-order valence-corrected chi connectivity index (χ2v) is 7.42. The highest BCUT2D eigenvalue weighted by molar-refractivity contribution is 14.0. The second kappa shape index (κ2) is 13.0. The predicted octanol–water partition coefficient (Wildman–Crippen LogP) is 2.86. The summed E-state index contributed by atoms with van der Waals surface area (Å²) in [5.74, 6) is 0.765. The van der Waals surface area contributed by atoms with Crippen molar-refractivity contribution in [1.82, 2.24) is 20.4 Å². The maximum Gasteiger partial charge on any atom is 0.243 e. The lowest BCUT2D eigenvalue weighted by molar-refractivity contribution is -0.127. The van der Waals surface area contributed by atoms with Gasteiger partial charge in [-0.15, -0.1) is 24.0 Å². The highest BCUT2D eigenvalue weighted by atomic mass is 127. The Balaban J connectivity index is 0.00000392. The number of nitrogens with zero attached hydrogens (tertiary/aromatic N) is 3. The normalized spacial score (nSPS) is 16.8. The Morgan fingerprint density at radius 2 is 1.89 bits per heavy atom. The number of rotatable bonds is 7. The lowest BCUT2D eigenvalue weighted by atomic mass is 10.0. The van der Waals surface area contributed by atoms with Gasteiger partial charge in [-0.3, -0.25) is 9.69 Å². The molecule has 1 aliphatic rings. The van der Waals surface area contributed by atoms with Gasteiger partial charge < -0.3 is 15.5 Å². The number of carbonyl (C=O) groups excluding carboxylic acids is 1. The highest BCUT2D eigenvalue weighted by Gasteiger charge is 2.24. The molecule has 1 fully saturated rings. The third-order valence-electron chi connectivity index (χ3n) is 5.11. The summed E-state index contributed by atoms with van der Waals surface area (Å²) in [7, 11) is 3.52. The van der Waals surface area contributed by atoms with Gasteiger partial charge in [0.1, 0.15) is 6.54 Å². The first-order valence-electron chi connectivity index (χ1n) is 10.0. The van der Waals surface area contributed by atoms with Gasteiger partial charge in [0.25, 0.3) is 0 Å². The van der Waals surface area contributed by atoms with E-state index in [4.69, 9.17) is 0 Å². The topological polar surface area (TPSA) is 60.0 Å². The molecule has 0 spiro atoms. The molecule has 7 heteroatoms. The standard InChI is InChI=1S/C21H35N5O.HI/c1-5-13-22-21(23-16-20(27)25(3)4)24-19-11-14-26(15-12-19)17(2)18-9-7-6-8-10-18;/h6-10,17,19H,5,11-16H2,1-4H3,(H2,22,23,24);1H. The molecule has 1 unspecified atom stereocenters. The number of hydrogen-bond acceptors (Lipinski definition) is 3. The first-order chi connectivity index (χ1) is 13.0. The Bertz CT molecular complexity index is 600. The molecule has 1 saturated heterocycles. The number of aliphatic imine (C=N–C) groups is 1. The molecule has 1 atom stereocenters. The number of carbonyl (C=O) groups is 1. The van der Waals surface area contributed by atoms with E-state index in [0.29, 0.717) is 12.1 Å². The zero-order chi connectivity index (χ0) is 19.6. The Kier molecular flexibility index (Phi) is 11.4. The summed E-state index contributed by atoms with van der Waals surface area (Å²) < 4.78 is 0. The summed E-state index contributed by atoms with van der Waals surface area (Å²) in [6.45, 7) is 7.56. The number of benzene rings is 1. The van der Waals surface area contributed by atoms with E-state index in [0.717, 1.165) is 44.9 Å². The lowest BCUT2D eigenvalue weighted by Crippen LogP contribution is -2.49. The number of amides is 1. The average molecular weight is 501 g/mol. The largest absolute Gasteiger partial charge is 0.356 e. The first kappa shape index (κ1) is 24.7. The zero-order valence-corrected chi connectivity index (χ0v) is 20.0. The number of nitrogens with one attached hydrogen (secondary N) is 2. The molecule has 1 aliphatic heterocycles. The SMILES string of the molecule is CCCNC(=NCC(=O)N(C)C)NC1CCN(C(C)c2ccccc2)CC1.I. The average Bonchev–Trinajstić information content (AvgIpc) is 2.70. The Labute approximate surface area is 187 Å². The van der Waals surface area contributed by atoms with Gasteiger partial charge in [-0.25, -0.2) is 4.99 Å². The van der Waals surface area contributed by atoms with Gasteiger partial charge in [-0.05, 0) is 31.7 Å². The molecule has 158 valence electrons. The molecule has 6 nitrogen and oxygen atoms in total. The van der Waals surface area contributed by atoms with Crippen molar-refractivity contribution in [3.05, 3.63) is 35.9 Å².